The minimum Gasteiger partial charge on any atom is -0.493 e. The van der Waals surface area contributed by atoms with E-state index in [0.717, 1.165) is 24.7 Å². The van der Waals surface area contributed by atoms with Gasteiger partial charge in [-0.15, -0.1) is 0 Å². The van der Waals surface area contributed by atoms with E-state index < -0.39 is 0 Å². The average Bonchev–Trinajstić information content (AvgIpc) is 2.39. The maximum absolute atomic E-state index is 5.49. The van der Waals surface area contributed by atoms with Crippen molar-refractivity contribution < 1.29 is 14.2 Å². The van der Waals surface area contributed by atoms with Crippen LogP contribution in [0.2, 0.25) is 0 Å². The van der Waals surface area contributed by atoms with Crippen LogP contribution in [0.15, 0.2) is 12.1 Å². The topological polar surface area (TPSA) is 39.7 Å². The fourth-order valence-corrected chi connectivity index (χ4v) is 2.14. The highest BCUT2D eigenvalue weighted by molar-refractivity contribution is 5.48. The average molecular weight is 237 g/mol. The molecule has 1 heterocycles. The molecule has 0 spiro atoms. The van der Waals surface area contributed by atoms with E-state index in [4.69, 9.17) is 14.2 Å². The summed E-state index contributed by atoms with van der Waals surface area (Å²) in [7, 11) is 3.31. The molecule has 4 nitrogen and oxygen atoms in total. The zero-order valence-corrected chi connectivity index (χ0v) is 10.6. The van der Waals surface area contributed by atoms with Crippen molar-refractivity contribution in [1.29, 1.82) is 0 Å². The van der Waals surface area contributed by atoms with Gasteiger partial charge in [-0.05, 0) is 30.2 Å². The molecule has 1 N–H and O–H groups in total. The first-order valence-electron chi connectivity index (χ1n) is 5.80. The molecule has 0 amide bonds. The van der Waals surface area contributed by atoms with Crippen LogP contribution >= 0.6 is 0 Å². The van der Waals surface area contributed by atoms with E-state index in [1.807, 2.05) is 12.1 Å². The van der Waals surface area contributed by atoms with Gasteiger partial charge in [0.05, 0.1) is 33.5 Å². The molecule has 0 saturated carbocycles. The molecule has 0 bridgehead atoms. The number of aryl methyl sites for hydroxylation is 1. The largest absolute Gasteiger partial charge is 0.493 e. The van der Waals surface area contributed by atoms with Crippen molar-refractivity contribution in [3.05, 3.63) is 23.3 Å². The van der Waals surface area contributed by atoms with E-state index in [2.05, 4.69) is 12.2 Å². The molecule has 4 heteroatoms. The van der Waals surface area contributed by atoms with Gasteiger partial charge in [-0.3, -0.25) is 0 Å². The third-order valence-corrected chi connectivity index (χ3v) is 3.07. The molecule has 0 radical (unpaired) electrons. The molecule has 1 fully saturated rings. The molecular formula is C13H19NO3. The molecule has 1 aliphatic rings. The molecular weight excluding hydrogens is 218 g/mol. The second-order valence-corrected chi connectivity index (χ2v) is 4.15. The number of hydrogen-bond donors (Lipinski definition) is 1. The Labute approximate surface area is 102 Å². The van der Waals surface area contributed by atoms with Crippen molar-refractivity contribution in [3.63, 3.8) is 0 Å². The smallest absolute Gasteiger partial charge is 0.161 e. The predicted molar refractivity (Wildman–Crippen MR) is 65.8 cm³/mol. The number of hydrogen-bond acceptors (Lipinski definition) is 4. The van der Waals surface area contributed by atoms with E-state index in [0.29, 0.717) is 6.61 Å². The van der Waals surface area contributed by atoms with E-state index in [1.165, 1.54) is 11.1 Å². The summed E-state index contributed by atoms with van der Waals surface area (Å²) in [6.07, 6.45) is 0. The normalized spacial score (nSPS) is 20.1. The molecule has 1 aliphatic heterocycles. The Balaban J connectivity index is 2.32. The van der Waals surface area contributed by atoms with Gasteiger partial charge in [0.15, 0.2) is 11.5 Å². The highest BCUT2D eigenvalue weighted by Gasteiger charge is 2.19. The lowest BCUT2D eigenvalue weighted by Gasteiger charge is -2.26. The minimum atomic E-state index is 0.239. The molecule has 1 aromatic carbocycles. The van der Waals surface area contributed by atoms with Crippen LogP contribution in [0, 0.1) is 6.92 Å². The summed E-state index contributed by atoms with van der Waals surface area (Å²) < 4.78 is 16.1. The van der Waals surface area contributed by atoms with Crippen LogP contribution in [0.25, 0.3) is 0 Å². The Morgan fingerprint density at radius 3 is 2.53 bits per heavy atom. The zero-order chi connectivity index (χ0) is 12.3. The van der Waals surface area contributed by atoms with Gasteiger partial charge in [0.25, 0.3) is 0 Å². The van der Waals surface area contributed by atoms with E-state index in [1.54, 1.807) is 14.2 Å². The highest BCUT2D eigenvalue weighted by Crippen LogP contribution is 2.33. The maximum atomic E-state index is 5.49. The third kappa shape index (κ3) is 2.53. The fourth-order valence-electron chi connectivity index (χ4n) is 2.14. The molecule has 0 aromatic heterocycles. The number of benzene rings is 1. The van der Waals surface area contributed by atoms with Crippen molar-refractivity contribution in [1.82, 2.24) is 5.32 Å². The molecule has 1 unspecified atom stereocenters. The zero-order valence-electron chi connectivity index (χ0n) is 10.6. The highest BCUT2D eigenvalue weighted by atomic mass is 16.5. The Morgan fingerprint density at radius 2 is 1.94 bits per heavy atom. The van der Waals surface area contributed by atoms with Crippen molar-refractivity contribution >= 4 is 0 Å². The first-order valence-corrected chi connectivity index (χ1v) is 5.80. The minimum absolute atomic E-state index is 0.239. The van der Waals surface area contributed by atoms with Crippen molar-refractivity contribution in [2.45, 2.75) is 13.0 Å². The van der Waals surface area contributed by atoms with Crippen LogP contribution in [0.5, 0.6) is 11.5 Å². The van der Waals surface area contributed by atoms with Crippen LogP contribution in [0.4, 0.5) is 0 Å². The molecule has 0 aliphatic carbocycles. The maximum Gasteiger partial charge on any atom is 0.161 e. The summed E-state index contributed by atoms with van der Waals surface area (Å²) in [4.78, 5) is 0. The van der Waals surface area contributed by atoms with Crippen molar-refractivity contribution in [2.75, 3.05) is 34.0 Å². The summed E-state index contributed by atoms with van der Waals surface area (Å²) in [6.45, 7) is 4.45. The van der Waals surface area contributed by atoms with Crippen molar-refractivity contribution in [2.24, 2.45) is 0 Å². The summed E-state index contributed by atoms with van der Waals surface area (Å²) in [5.41, 5.74) is 2.40. The van der Waals surface area contributed by atoms with Gasteiger partial charge < -0.3 is 19.5 Å². The molecule has 2 rings (SSSR count). The molecule has 17 heavy (non-hydrogen) atoms. The third-order valence-electron chi connectivity index (χ3n) is 3.07. The molecule has 1 atom stereocenters. The Morgan fingerprint density at radius 1 is 1.24 bits per heavy atom. The van der Waals surface area contributed by atoms with E-state index >= 15 is 0 Å². The summed E-state index contributed by atoms with van der Waals surface area (Å²) in [5.74, 6) is 1.53. The van der Waals surface area contributed by atoms with Gasteiger partial charge in [0.1, 0.15) is 0 Å². The molecule has 1 aromatic rings. The van der Waals surface area contributed by atoms with Crippen LogP contribution in [0.3, 0.4) is 0 Å². The fraction of sp³-hybridized carbons (Fsp3) is 0.538. The van der Waals surface area contributed by atoms with Crippen LogP contribution < -0.4 is 14.8 Å². The predicted octanol–water partition coefficient (Wildman–Crippen LogP) is 1.67. The number of ether oxygens (including phenoxy) is 3. The monoisotopic (exact) mass is 237 g/mol. The van der Waals surface area contributed by atoms with Gasteiger partial charge in [0.2, 0.25) is 0 Å². The molecule has 1 saturated heterocycles. The standard InChI is InChI=1S/C13H19NO3/c1-9-6-12(15-2)13(16-3)7-10(9)11-8-17-5-4-14-11/h6-7,11,14H,4-5,8H2,1-3H3. The second-order valence-electron chi connectivity index (χ2n) is 4.15. The summed E-state index contributed by atoms with van der Waals surface area (Å²) >= 11 is 0. The van der Waals surface area contributed by atoms with Gasteiger partial charge in [-0.2, -0.15) is 0 Å². The number of nitrogens with one attached hydrogen (secondary N) is 1. The quantitative estimate of drug-likeness (QED) is 0.868. The Hall–Kier alpha value is -1.26. The second kappa shape index (κ2) is 5.38. The lowest BCUT2D eigenvalue weighted by atomic mass is 10.00. The number of methoxy groups -OCH3 is 2. The van der Waals surface area contributed by atoms with E-state index in [9.17, 15) is 0 Å². The van der Waals surface area contributed by atoms with Crippen LogP contribution in [-0.4, -0.2) is 34.0 Å². The van der Waals surface area contributed by atoms with Gasteiger partial charge >= 0.3 is 0 Å². The first kappa shape index (κ1) is 12.2. The van der Waals surface area contributed by atoms with Crippen LogP contribution in [0.1, 0.15) is 17.2 Å². The molecule has 94 valence electrons. The SMILES string of the molecule is COc1cc(C)c(C2COCCN2)cc1OC. The lowest BCUT2D eigenvalue weighted by Crippen LogP contribution is -2.34. The van der Waals surface area contributed by atoms with Gasteiger partial charge in [0, 0.05) is 6.54 Å². The van der Waals surface area contributed by atoms with Gasteiger partial charge in [-0.1, -0.05) is 0 Å². The van der Waals surface area contributed by atoms with E-state index in [-0.39, 0.29) is 6.04 Å². The summed E-state index contributed by atoms with van der Waals surface area (Å²) in [6, 6.07) is 4.27. The van der Waals surface area contributed by atoms with Gasteiger partial charge in [-0.25, -0.2) is 0 Å². The Bertz CT molecular complexity index is 386. The summed E-state index contributed by atoms with van der Waals surface area (Å²) in [5, 5.41) is 3.44. The van der Waals surface area contributed by atoms with Crippen molar-refractivity contribution in [3.8, 4) is 11.5 Å². The van der Waals surface area contributed by atoms with Crippen LogP contribution in [-0.2, 0) is 4.74 Å². The Kier molecular flexibility index (Phi) is 3.86. The lowest BCUT2D eigenvalue weighted by molar-refractivity contribution is 0.0766. The number of morpholine rings is 1. The number of rotatable bonds is 3. The first-order chi connectivity index (χ1) is 8.26.